The van der Waals surface area contributed by atoms with Crippen LogP contribution in [0.1, 0.15) is 38.3 Å². The number of nitrogens with zero attached hydrogens (tertiary/aromatic N) is 1. The molecule has 0 aliphatic carbocycles. The molecule has 2 rings (SSSR count). The van der Waals surface area contributed by atoms with Crippen LogP contribution in [0.25, 0.3) is 0 Å². The number of methoxy groups -OCH3 is 1. The molecule has 1 atom stereocenters. The number of para-hydroxylation sites is 1. The number of benzene rings is 1. The van der Waals surface area contributed by atoms with Crippen molar-refractivity contribution in [1.29, 1.82) is 0 Å². The second-order valence-corrected chi connectivity index (χ2v) is 5.73. The van der Waals surface area contributed by atoms with Crippen molar-refractivity contribution >= 4 is 5.69 Å². The first-order chi connectivity index (χ1) is 10.3. The Morgan fingerprint density at radius 2 is 2.14 bits per heavy atom. The van der Waals surface area contributed by atoms with Gasteiger partial charge in [0.25, 0.3) is 0 Å². The molecule has 1 aliphatic rings. The highest BCUT2D eigenvalue weighted by atomic mass is 16.5. The van der Waals surface area contributed by atoms with Crippen LogP contribution < -0.4 is 10.2 Å². The van der Waals surface area contributed by atoms with Crippen LogP contribution in [-0.4, -0.2) is 33.4 Å². The summed E-state index contributed by atoms with van der Waals surface area (Å²) in [6.07, 6.45) is 4.58. The summed E-state index contributed by atoms with van der Waals surface area (Å²) in [6.45, 7) is 8.35. The van der Waals surface area contributed by atoms with Crippen molar-refractivity contribution in [2.24, 2.45) is 0 Å². The Labute approximate surface area is 129 Å². The molecule has 1 aromatic carbocycles. The Bertz CT molecular complexity index is 470. The molecule has 0 radical (unpaired) electrons. The van der Waals surface area contributed by atoms with Gasteiger partial charge in [-0.3, -0.25) is 0 Å². The second-order valence-electron chi connectivity index (χ2n) is 5.73. The van der Waals surface area contributed by atoms with Gasteiger partial charge in [0.1, 0.15) is 0 Å². The van der Waals surface area contributed by atoms with Crippen molar-refractivity contribution in [3.05, 3.63) is 41.5 Å². The smallest absolute Gasteiger partial charge is 0.0674 e. The molecular weight excluding hydrogens is 260 g/mol. The van der Waals surface area contributed by atoms with Crippen LogP contribution in [0.5, 0.6) is 0 Å². The normalized spacial score (nSPS) is 16.7. The van der Waals surface area contributed by atoms with E-state index in [1.807, 2.05) is 0 Å². The van der Waals surface area contributed by atoms with Crippen molar-refractivity contribution in [3.8, 4) is 0 Å². The Morgan fingerprint density at radius 1 is 1.33 bits per heavy atom. The van der Waals surface area contributed by atoms with E-state index in [1.54, 1.807) is 7.11 Å². The van der Waals surface area contributed by atoms with Crippen molar-refractivity contribution in [2.75, 3.05) is 38.3 Å². The van der Waals surface area contributed by atoms with Gasteiger partial charge < -0.3 is 15.0 Å². The molecule has 1 heterocycles. The average Bonchev–Trinajstić information content (AvgIpc) is 2.54. The predicted molar refractivity (Wildman–Crippen MR) is 89.9 cm³/mol. The lowest BCUT2D eigenvalue weighted by Crippen LogP contribution is -2.31. The largest absolute Gasteiger partial charge is 0.380 e. The fourth-order valence-corrected chi connectivity index (χ4v) is 2.86. The molecule has 0 saturated heterocycles. The third kappa shape index (κ3) is 4.32. The molecule has 3 nitrogen and oxygen atoms in total. The third-order valence-corrected chi connectivity index (χ3v) is 4.08. The maximum absolute atomic E-state index is 5.23. The van der Waals surface area contributed by atoms with Crippen LogP contribution >= 0.6 is 0 Å². The van der Waals surface area contributed by atoms with Crippen LogP contribution in [-0.2, 0) is 4.74 Å². The minimum atomic E-state index is 0.394. The molecule has 1 N–H and O–H groups in total. The fraction of sp³-hybridized carbons (Fsp3) is 0.556. The first-order valence-corrected chi connectivity index (χ1v) is 8.00. The van der Waals surface area contributed by atoms with Crippen LogP contribution in [0.3, 0.4) is 0 Å². The number of ether oxygens (including phenoxy) is 1. The summed E-state index contributed by atoms with van der Waals surface area (Å²) in [7, 11) is 1.77. The van der Waals surface area contributed by atoms with Crippen molar-refractivity contribution < 1.29 is 4.74 Å². The first kappa shape index (κ1) is 16.1. The molecule has 1 aliphatic heterocycles. The highest BCUT2D eigenvalue weighted by Gasteiger charge is 2.17. The molecular formula is C18H28N2O. The van der Waals surface area contributed by atoms with Gasteiger partial charge in [-0.15, -0.1) is 0 Å². The van der Waals surface area contributed by atoms with Crippen LogP contribution in [0, 0.1) is 0 Å². The zero-order chi connectivity index (χ0) is 15.1. The van der Waals surface area contributed by atoms with E-state index in [1.165, 1.54) is 23.2 Å². The van der Waals surface area contributed by atoms with Crippen molar-refractivity contribution in [1.82, 2.24) is 5.32 Å². The van der Waals surface area contributed by atoms with Gasteiger partial charge in [0.05, 0.1) is 6.61 Å². The lowest BCUT2D eigenvalue weighted by atomic mass is 10.0. The maximum atomic E-state index is 5.23. The summed E-state index contributed by atoms with van der Waals surface area (Å²) in [5.41, 5.74) is 4.18. The van der Waals surface area contributed by atoms with E-state index >= 15 is 0 Å². The van der Waals surface area contributed by atoms with Crippen molar-refractivity contribution in [2.45, 2.75) is 32.7 Å². The Balaban J connectivity index is 2.10. The minimum Gasteiger partial charge on any atom is -0.380 e. The van der Waals surface area contributed by atoms with E-state index in [-0.39, 0.29) is 0 Å². The Hall–Kier alpha value is -1.32. The summed E-state index contributed by atoms with van der Waals surface area (Å²) in [5, 5.41) is 3.60. The molecule has 116 valence electrons. The van der Waals surface area contributed by atoms with E-state index in [0.717, 1.165) is 32.7 Å². The van der Waals surface area contributed by atoms with Gasteiger partial charge in [-0.05, 0) is 43.5 Å². The molecule has 0 spiro atoms. The predicted octanol–water partition coefficient (Wildman–Crippen LogP) is 3.53. The lowest BCUT2D eigenvalue weighted by Gasteiger charge is -2.31. The van der Waals surface area contributed by atoms with Gasteiger partial charge in [-0.25, -0.2) is 0 Å². The topological polar surface area (TPSA) is 24.5 Å². The van der Waals surface area contributed by atoms with Crippen LogP contribution in [0.4, 0.5) is 5.69 Å². The Kier molecular flexibility index (Phi) is 6.27. The monoisotopic (exact) mass is 288 g/mol. The van der Waals surface area contributed by atoms with E-state index in [2.05, 4.69) is 54.4 Å². The quantitative estimate of drug-likeness (QED) is 0.777. The molecule has 0 bridgehead atoms. The SMILES string of the molecule is CCCNC(C)c1ccccc1N1CC=C(COC)CC1. The first-order valence-electron chi connectivity index (χ1n) is 8.00. The molecule has 0 saturated carbocycles. The summed E-state index contributed by atoms with van der Waals surface area (Å²) < 4.78 is 5.23. The summed E-state index contributed by atoms with van der Waals surface area (Å²) in [5.74, 6) is 0. The molecule has 3 heteroatoms. The van der Waals surface area contributed by atoms with E-state index in [0.29, 0.717) is 6.04 Å². The van der Waals surface area contributed by atoms with Gasteiger partial charge in [0.2, 0.25) is 0 Å². The van der Waals surface area contributed by atoms with Gasteiger partial charge >= 0.3 is 0 Å². The van der Waals surface area contributed by atoms with Gasteiger partial charge in [-0.2, -0.15) is 0 Å². The zero-order valence-corrected chi connectivity index (χ0v) is 13.6. The summed E-state index contributed by atoms with van der Waals surface area (Å²) in [6, 6.07) is 9.16. The van der Waals surface area contributed by atoms with Crippen LogP contribution in [0.15, 0.2) is 35.9 Å². The fourth-order valence-electron chi connectivity index (χ4n) is 2.86. The zero-order valence-electron chi connectivity index (χ0n) is 13.6. The molecule has 0 aromatic heterocycles. The number of nitrogens with one attached hydrogen (secondary N) is 1. The standard InChI is InChI=1S/C18H28N2O/c1-4-11-19-15(2)17-7-5-6-8-18(17)20-12-9-16(10-13-20)14-21-3/h5-9,15,19H,4,10-14H2,1-3H3. The molecule has 1 unspecified atom stereocenters. The highest BCUT2D eigenvalue weighted by Crippen LogP contribution is 2.28. The average molecular weight is 288 g/mol. The number of anilines is 1. The van der Waals surface area contributed by atoms with E-state index in [9.17, 15) is 0 Å². The van der Waals surface area contributed by atoms with Gasteiger partial charge in [0.15, 0.2) is 0 Å². The van der Waals surface area contributed by atoms with E-state index < -0.39 is 0 Å². The molecule has 21 heavy (non-hydrogen) atoms. The number of hydrogen-bond acceptors (Lipinski definition) is 3. The maximum Gasteiger partial charge on any atom is 0.0674 e. The number of rotatable bonds is 7. The molecule has 0 amide bonds. The molecule has 0 fully saturated rings. The summed E-state index contributed by atoms with van der Waals surface area (Å²) in [4.78, 5) is 2.47. The highest BCUT2D eigenvalue weighted by molar-refractivity contribution is 5.56. The summed E-state index contributed by atoms with van der Waals surface area (Å²) >= 11 is 0. The Morgan fingerprint density at radius 3 is 2.81 bits per heavy atom. The second kappa shape index (κ2) is 8.20. The number of hydrogen-bond donors (Lipinski definition) is 1. The van der Waals surface area contributed by atoms with Gasteiger partial charge in [-0.1, -0.05) is 31.2 Å². The third-order valence-electron chi connectivity index (χ3n) is 4.08. The minimum absolute atomic E-state index is 0.394. The van der Waals surface area contributed by atoms with E-state index in [4.69, 9.17) is 4.74 Å². The van der Waals surface area contributed by atoms with Crippen molar-refractivity contribution in [3.63, 3.8) is 0 Å². The lowest BCUT2D eigenvalue weighted by molar-refractivity contribution is 0.222. The van der Waals surface area contributed by atoms with Gasteiger partial charge in [0, 0.05) is 31.9 Å². The molecule has 1 aromatic rings. The van der Waals surface area contributed by atoms with Crippen LogP contribution in [0.2, 0.25) is 0 Å².